The van der Waals surface area contributed by atoms with Gasteiger partial charge in [0.2, 0.25) is 0 Å². The topological polar surface area (TPSA) is 41.1 Å². The molecule has 1 aliphatic heterocycles. The van der Waals surface area contributed by atoms with Gasteiger partial charge in [0.25, 0.3) is 5.91 Å². The van der Waals surface area contributed by atoms with Gasteiger partial charge in [-0.1, -0.05) is 0 Å². The molecule has 0 bridgehead atoms. The molecular formula is C12H14F2N2O. The lowest BCUT2D eigenvalue weighted by molar-refractivity contribution is 0.0926. The number of carbonyl (C=O) groups is 1. The van der Waals surface area contributed by atoms with Crippen LogP contribution in [-0.2, 0) is 0 Å². The summed E-state index contributed by atoms with van der Waals surface area (Å²) in [6.07, 6.45) is 1.86. The molecule has 5 heteroatoms. The van der Waals surface area contributed by atoms with Gasteiger partial charge >= 0.3 is 0 Å². The van der Waals surface area contributed by atoms with Crippen LogP contribution in [0.3, 0.4) is 0 Å². The van der Waals surface area contributed by atoms with E-state index in [1.54, 1.807) is 0 Å². The number of rotatable bonds is 2. The van der Waals surface area contributed by atoms with Crippen molar-refractivity contribution in [2.24, 2.45) is 0 Å². The maximum atomic E-state index is 13.3. The molecule has 92 valence electrons. The molecule has 2 rings (SSSR count). The maximum Gasteiger partial charge on any atom is 0.254 e. The van der Waals surface area contributed by atoms with E-state index in [-0.39, 0.29) is 11.6 Å². The summed E-state index contributed by atoms with van der Waals surface area (Å²) in [5, 5.41) is 5.88. The molecule has 1 unspecified atom stereocenters. The fourth-order valence-corrected chi connectivity index (χ4v) is 1.91. The van der Waals surface area contributed by atoms with Crippen molar-refractivity contribution < 1.29 is 13.6 Å². The first kappa shape index (κ1) is 12.0. The first-order chi connectivity index (χ1) is 8.16. The summed E-state index contributed by atoms with van der Waals surface area (Å²) in [6.45, 7) is 1.63. The summed E-state index contributed by atoms with van der Waals surface area (Å²) in [5.74, 6) is -2.00. The second kappa shape index (κ2) is 5.23. The van der Waals surface area contributed by atoms with Crippen LogP contribution in [-0.4, -0.2) is 25.0 Å². The molecule has 1 aliphatic rings. The van der Waals surface area contributed by atoms with Gasteiger partial charge in [-0.05, 0) is 31.5 Å². The Morgan fingerprint density at radius 3 is 2.88 bits per heavy atom. The monoisotopic (exact) mass is 240 g/mol. The highest BCUT2D eigenvalue weighted by Crippen LogP contribution is 2.10. The number of halogens is 2. The Labute approximate surface area is 98.2 Å². The predicted molar refractivity (Wildman–Crippen MR) is 59.7 cm³/mol. The molecule has 1 aromatic carbocycles. The number of carbonyl (C=O) groups excluding carboxylic acids is 1. The van der Waals surface area contributed by atoms with E-state index in [1.165, 1.54) is 0 Å². The minimum absolute atomic E-state index is 0.0145. The predicted octanol–water partition coefficient (Wildman–Crippen LogP) is 1.45. The van der Waals surface area contributed by atoms with Crippen molar-refractivity contribution in [2.75, 3.05) is 13.1 Å². The van der Waals surface area contributed by atoms with E-state index < -0.39 is 17.5 Å². The molecule has 2 N–H and O–H groups in total. The molecule has 1 atom stereocenters. The van der Waals surface area contributed by atoms with Crippen LogP contribution in [0.5, 0.6) is 0 Å². The fourth-order valence-electron chi connectivity index (χ4n) is 1.91. The van der Waals surface area contributed by atoms with Crippen molar-refractivity contribution in [3.63, 3.8) is 0 Å². The summed E-state index contributed by atoms with van der Waals surface area (Å²) in [4.78, 5) is 11.7. The quantitative estimate of drug-likeness (QED) is 0.821. The van der Waals surface area contributed by atoms with Crippen LogP contribution in [0.2, 0.25) is 0 Å². The van der Waals surface area contributed by atoms with Crippen molar-refractivity contribution in [3.8, 4) is 0 Å². The standard InChI is InChI=1S/C12H14F2N2O/c13-8-3-4-10(11(14)6-8)12(17)16-9-2-1-5-15-7-9/h3-4,6,9,15H,1-2,5,7H2,(H,16,17). The van der Waals surface area contributed by atoms with Crippen LogP contribution >= 0.6 is 0 Å². The minimum atomic E-state index is -0.828. The Balaban J connectivity index is 2.03. The Morgan fingerprint density at radius 2 is 2.24 bits per heavy atom. The summed E-state index contributed by atoms with van der Waals surface area (Å²) < 4.78 is 26.0. The lowest BCUT2D eigenvalue weighted by atomic mass is 10.1. The van der Waals surface area contributed by atoms with E-state index in [9.17, 15) is 13.6 Å². The third-order valence-corrected chi connectivity index (χ3v) is 2.81. The molecule has 0 radical (unpaired) electrons. The third-order valence-electron chi connectivity index (χ3n) is 2.81. The fraction of sp³-hybridized carbons (Fsp3) is 0.417. The molecule has 0 aromatic heterocycles. The SMILES string of the molecule is O=C(NC1CCCNC1)c1ccc(F)cc1F. The molecule has 1 fully saturated rings. The van der Waals surface area contributed by atoms with Gasteiger partial charge in [-0.3, -0.25) is 4.79 Å². The lowest BCUT2D eigenvalue weighted by Gasteiger charge is -2.23. The molecule has 0 saturated carbocycles. The van der Waals surface area contributed by atoms with Crippen LogP contribution in [0.15, 0.2) is 18.2 Å². The molecule has 1 heterocycles. The third kappa shape index (κ3) is 3.00. The molecule has 0 spiro atoms. The van der Waals surface area contributed by atoms with E-state index in [4.69, 9.17) is 0 Å². The van der Waals surface area contributed by atoms with E-state index in [0.29, 0.717) is 12.6 Å². The summed E-state index contributed by atoms with van der Waals surface area (Å²) in [6, 6.07) is 2.97. The Morgan fingerprint density at radius 1 is 1.41 bits per heavy atom. The van der Waals surface area contributed by atoms with Gasteiger partial charge in [-0.2, -0.15) is 0 Å². The van der Waals surface area contributed by atoms with Gasteiger partial charge < -0.3 is 10.6 Å². The number of amides is 1. The molecule has 17 heavy (non-hydrogen) atoms. The van der Waals surface area contributed by atoms with Gasteiger partial charge in [-0.15, -0.1) is 0 Å². The Kier molecular flexibility index (Phi) is 3.68. The van der Waals surface area contributed by atoms with Crippen molar-refractivity contribution >= 4 is 5.91 Å². The molecule has 1 amide bonds. The highest BCUT2D eigenvalue weighted by Gasteiger charge is 2.18. The van der Waals surface area contributed by atoms with Crippen molar-refractivity contribution in [1.29, 1.82) is 0 Å². The van der Waals surface area contributed by atoms with Crippen molar-refractivity contribution in [3.05, 3.63) is 35.4 Å². The zero-order chi connectivity index (χ0) is 12.3. The van der Waals surface area contributed by atoms with Crippen LogP contribution in [0.25, 0.3) is 0 Å². The number of nitrogens with one attached hydrogen (secondary N) is 2. The van der Waals surface area contributed by atoms with Crippen molar-refractivity contribution in [2.45, 2.75) is 18.9 Å². The van der Waals surface area contributed by atoms with Crippen LogP contribution in [0.4, 0.5) is 8.78 Å². The van der Waals surface area contributed by atoms with E-state index in [0.717, 1.165) is 31.5 Å². The van der Waals surface area contributed by atoms with Crippen molar-refractivity contribution in [1.82, 2.24) is 10.6 Å². The Hall–Kier alpha value is -1.49. The molecule has 1 saturated heterocycles. The summed E-state index contributed by atoms with van der Waals surface area (Å²) in [5.41, 5.74) is -0.114. The zero-order valence-corrected chi connectivity index (χ0v) is 9.30. The lowest BCUT2D eigenvalue weighted by Crippen LogP contribution is -2.45. The maximum absolute atomic E-state index is 13.3. The average molecular weight is 240 g/mol. The second-order valence-corrected chi connectivity index (χ2v) is 4.14. The van der Waals surface area contributed by atoms with Gasteiger partial charge in [0, 0.05) is 18.7 Å². The first-order valence-corrected chi connectivity index (χ1v) is 5.63. The van der Waals surface area contributed by atoms with Gasteiger partial charge in [0.05, 0.1) is 5.56 Å². The van der Waals surface area contributed by atoms with Crippen LogP contribution in [0, 0.1) is 11.6 Å². The number of piperidine rings is 1. The van der Waals surface area contributed by atoms with Gasteiger partial charge in [-0.25, -0.2) is 8.78 Å². The Bertz CT molecular complexity index is 417. The highest BCUT2D eigenvalue weighted by molar-refractivity contribution is 5.94. The van der Waals surface area contributed by atoms with Crippen LogP contribution in [0.1, 0.15) is 23.2 Å². The van der Waals surface area contributed by atoms with E-state index in [2.05, 4.69) is 10.6 Å². The zero-order valence-electron chi connectivity index (χ0n) is 9.30. The smallest absolute Gasteiger partial charge is 0.254 e. The van der Waals surface area contributed by atoms with Crippen LogP contribution < -0.4 is 10.6 Å². The molecular weight excluding hydrogens is 226 g/mol. The largest absolute Gasteiger partial charge is 0.348 e. The number of hydrogen-bond donors (Lipinski definition) is 2. The molecule has 0 aliphatic carbocycles. The normalized spacial score (nSPS) is 20.0. The van der Waals surface area contributed by atoms with Gasteiger partial charge in [0.1, 0.15) is 11.6 Å². The van der Waals surface area contributed by atoms with E-state index >= 15 is 0 Å². The number of benzene rings is 1. The minimum Gasteiger partial charge on any atom is -0.348 e. The van der Waals surface area contributed by atoms with Gasteiger partial charge in [0.15, 0.2) is 0 Å². The summed E-state index contributed by atoms with van der Waals surface area (Å²) >= 11 is 0. The molecule has 3 nitrogen and oxygen atoms in total. The molecule has 1 aromatic rings. The summed E-state index contributed by atoms with van der Waals surface area (Å²) in [7, 11) is 0. The first-order valence-electron chi connectivity index (χ1n) is 5.63. The number of hydrogen-bond acceptors (Lipinski definition) is 2. The highest BCUT2D eigenvalue weighted by atomic mass is 19.1. The van der Waals surface area contributed by atoms with E-state index in [1.807, 2.05) is 0 Å². The average Bonchev–Trinajstić information content (AvgIpc) is 2.30. The second-order valence-electron chi connectivity index (χ2n) is 4.14.